The van der Waals surface area contributed by atoms with Gasteiger partial charge in [0.05, 0.1) is 32.5 Å². The third kappa shape index (κ3) is 11.8. The number of nitrogens with one attached hydrogen (secondary N) is 1. The summed E-state index contributed by atoms with van der Waals surface area (Å²) >= 11 is 17.5. The normalized spacial score (nSPS) is 28.6. The van der Waals surface area contributed by atoms with Crippen molar-refractivity contribution >= 4 is 52.6 Å². The van der Waals surface area contributed by atoms with Gasteiger partial charge in [-0.25, -0.2) is 0 Å². The number of hydrogen-bond acceptors (Lipinski definition) is 13. The molecule has 0 radical (unpaired) electrons. The van der Waals surface area contributed by atoms with Gasteiger partial charge in [0, 0.05) is 18.8 Å². The minimum atomic E-state index is -2.25. The van der Waals surface area contributed by atoms with Crippen molar-refractivity contribution in [2.45, 2.75) is 106 Å². The van der Waals surface area contributed by atoms with Crippen LogP contribution in [0.4, 0.5) is 0 Å². The third-order valence-corrected chi connectivity index (χ3v) is 9.13. The molecular formula is C35H43Cl3N4O11. The van der Waals surface area contributed by atoms with Gasteiger partial charge in [-0.05, 0) is 41.1 Å². The van der Waals surface area contributed by atoms with Crippen molar-refractivity contribution in [1.29, 1.82) is 5.41 Å². The molecule has 290 valence electrons. The Balaban J connectivity index is 1.70. The summed E-state index contributed by atoms with van der Waals surface area (Å²) in [5, 5.41) is 11.9. The van der Waals surface area contributed by atoms with E-state index in [0.717, 1.165) is 11.1 Å². The van der Waals surface area contributed by atoms with Gasteiger partial charge < -0.3 is 42.6 Å². The van der Waals surface area contributed by atoms with E-state index < -0.39 is 82.8 Å². The van der Waals surface area contributed by atoms with Crippen molar-refractivity contribution in [3.8, 4) is 5.75 Å². The van der Waals surface area contributed by atoms with Gasteiger partial charge >= 0.3 is 11.9 Å². The molecule has 0 saturated carbocycles. The Labute approximate surface area is 322 Å². The summed E-state index contributed by atoms with van der Waals surface area (Å²) in [6, 6.07) is 15.7. The van der Waals surface area contributed by atoms with Crippen molar-refractivity contribution in [2.75, 3.05) is 13.7 Å². The van der Waals surface area contributed by atoms with E-state index >= 15 is 0 Å². The first kappa shape index (κ1) is 42.4. The second kappa shape index (κ2) is 19.8. The molecule has 2 aromatic carbocycles. The molecule has 53 heavy (non-hydrogen) atoms. The molecule has 0 bridgehead atoms. The summed E-state index contributed by atoms with van der Waals surface area (Å²) < 4.78 is 52.0. The molecule has 1 N–H and O–H groups in total. The fourth-order valence-corrected chi connectivity index (χ4v) is 6.15. The Kier molecular flexibility index (Phi) is 15.8. The number of alkyl halides is 3. The highest BCUT2D eigenvalue weighted by molar-refractivity contribution is 6.76. The molecule has 18 heteroatoms. The highest BCUT2D eigenvalue weighted by atomic mass is 35.6. The maximum absolute atomic E-state index is 12.7. The molecule has 0 aromatic heterocycles. The van der Waals surface area contributed by atoms with Crippen LogP contribution in [0.5, 0.6) is 5.75 Å². The van der Waals surface area contributed by atoms with Crippen molar-refractivity contribution in [2.24, 2.45) is 11.0 Å². The van der Waals surface area contributed by atoms with Crippen LogP contribution >= 0.6 is 34.8 Å². The molecule has 4 rings (SSSR count). The van der Waals surface area contributed by atoms with Gasteiger partial charge in [-0.15, -0.1) is 0 Å². The Hall–Kier alpha value is -3.37. The summed E-state index contributed by atoms with van der Waals surface area (Å²) in [4.78, 5) is 27.5. The first-order valence-corrected chi connectivity index (χ1v) is 17.9. The molecule has 2 aromatic rings. The van der Waals surface area contributed by atoms with E-state index in [2.05, 4.69) is 10.0 Å². The topological polar surface area (TPSA) is 190 Å². The van der Waals surface area contributed by atoms with Crippen LogP contribution in [0.1, 0.15) is 45.2 Å². The fourth-order valence-electron chi connectivity index (χ4n) is 6.02. The number of rotatable bonds is 15. The first-order chi connectivity index (χ1) is 25.2. The molecular weight excluding hydrogens is 759 g/mol. The number of methoxy groups -OCH3 is 1. The van der Waals surface area contributed by atoms with Crippen LogP contribution in [0, 0.1) is 11.3 Å². The number of esters is 2. The van der Waals surface area contributed by atoms with Gasteiger partial charge in [0.25, 0.3) is 3.79 Å². The molecule has 10 atom stereocenters. The van der Waals surface area contributed by atoms with Crippen LogP contribution in [0.2, 0.25) is 0 Å². The van der Waals surface area contributed by atoms with E-state index in [0.29, 0.717) is 12.2 Å². The average molecular weight is 802 g/mol. The Morgan fingerprint density at radius 3 is 2.06 bits per heavy atom. The maximum Gasteiger partial charge on any atom is 0.303 e. The van der Waals surface area contributed by atoms with Crippen molar-refractivity contribution < 1.29 is 52.2 Å². The third-order valence-electron chi connectivity index (χ3n) is 8.61. The largest absolute Gasteiger partial charge is 0.497 e. The number of ether oxygens (including phenoxy) is 9. The minimum Gasteiger partial charge on any atom is -0.497 e. The molecule has 2 heterocycles. The quantitative estimate of drug-likeness (QED) is 0.0389. The van der Waals surface area contributed by atoms with Crippen molar-refractivity contribution in [3.63, 3.8) is 0 Å². The summed E-state index contributed by atoms with van der Waals surface area (Å²) in [7, 11) is 1.58. The summed E-state index contributed by atoms with van der Waals surface area (Å²) in [5.74, 6) is -2.12. The lowest BCUT2D eigenvalue weighted by Gasteiger charge is -2.49. The zero-order valence-electron chi connectivity index (χ0n) is 29.8. The Bertz CT molecular complexity index is 1560. The number of nitrogens with zero attached hydrogens (tertiary/aromatic N) is 3. The second-order valence-corrected chi connectivity index (χ2v) is 14.6. The number of carbonyl (C=O) groups is 2. The standard InChI is InChI=1S/C35H43Cl3N4O11/c1-6-25-29(47-17-23-12-14-24(45-5)15-13-23)30(48-16-22-10-8-7-9-11-22)31(49-21(4)44)33(50-25)52-28-19(2)27(41-42-40)32(53-34(39)35(36,37)38)51-26(28)18-46-20(3)43/h7-15,19,25-33,39H,6,16-18H2,1-5H3. The lowest BCUT2D eigenvalue weighted by atomic mass is 9.88. The van der Waals surface area contributed by atoms with Gasteiger partial charge in [0.1, 0.15) is 36.7 Å². The molecule has 2 fully saturated rings. The van der Waals surface area contributed by atoms with Crippen LogP contribution in [0.15, 0.2) is 59.7 Å². The number of halogens is 3. The van der Waals surface area contributed by atoms with E-state index in [1.807, 2.05) is 61.5 Å². The number of benzene rings is 2. The van der Waals surface area contributed by atoms with E-state index in [1.54, 1.807) is 14.0 Å². The first-order valence-electron chi connectivity index (χ1n) is 16.8. The summed E-state index contributed by atoms with van der Waals surface area (Å²) in [6.45, 7) is 6.01. The van der Waals surface area contributed by atoms with Crippen LogP contribution < -0.4 is 4.74 Å². The van der Waals surface area contributed by atoms with Gasteiger partial charge in [-0.1, -0.05) is 96.2 Å². The summed E-state index contributed by atoms with van der Waals surface area (Å²) in [5.41, 5.74) is 11.2. The van der Waals surface area contributed by atoms with Crippen LogP contribution in [0.3, 0.4) is 0 Å². The zero-order valence-corrected chi connectivity index (χ0v) is 32.0. The number of azide groups is 1. The number of hydrogen-bond donors (Lipinski definition) is 1. The van der Waals surface area contributed by atoms with Crippen LogP contribution in [0.25, 0.3) is 10.4 Å². The van der Waals surface area contributed by atoms with Gasteiger partial charge in [-0.2, -0.15) is 0 Å². The molecule has 10 unspecified atom stereocenters. The molecule has 2 aliphatic heterocycles. The van der Waals surface area contributed by atoms with E-state index in [9.17, 15) is 15.1 Å². The summed E-state index contributed by atoms with van der Waals surface area (Å²) in [6.07, 6.45) is -7.91. The maximum atomic E-state index is 12.7. The zero-order chi connectivity index (χ0) is 38.7. The molecule has 0 aliphatic carbocycles. The van der Waals surface area contributed by atoms with E-state index in [4.69, 9.17) is 82.8 Å². The minimum absolute atomic E-state index is 0.139. The SMILES string of the molecule is CCC1OC(OC2C(COC(C)=O)OC(OC(=N)C(Cl)(Cl)Cl)C(N=[N+]=[N-])C2C)C(OC(C)=O)C(OCc2ccccc2)C1OCc1ccc(OC)cc1. The van der Waals surface area contributed by atoms with Gasteiger partial charge in [0.15, 0.2) is 12.4 Å². The average Bonchev–Trinajstić information content (AvgIpc) is 3.12. The van der Waals surface area contributed by atoms with Gasteiger partial charge in [0.2, 0.25) is 12.2 Å². The Morgan fingerprint density at radius 1 is 0.868 bits per heavy atom. The number of carbonyl (C=O) groups excluding carboxylic acids is 2. The lowest BCUT2D eigenvalue weighted by Crippen LogP contribution is -2.64. The highest BCUT2D eigenvalue weighted by Gasteiger charge is 2.54. The molecule has 0 amide bonds. The van der Waals surface area contributed by atoms with Gasteiger partial charge in [-0.3, -0.25) is 15.0 Å². The molecule has 15 nitrogen and oxygen atoms in total. The highest BCUT2D eigenvalue weighted by Crippen LogP contribution is 2.38. The lowest BCUT2D eigenvalue weighted by molar-refractivity contribution is -0.345. The Morgan fingerprint density at radius 2 is 1.49 bits per heavy atom. The second-order valence-electron chi connectivity index (χ2n) is 12.4. The van der Waals surface area contributed by atoms with Crippen LogP contribution in [-0.2, 0) is 60.7 Å². The van der Waals surface area contributed by atoms with Crippen molar-refractivity contribution in [1.82, 2.24) is 0 Å². The smallest absolute Gasteiger partial charge is 0.303 e. The van der Waals surface area contributed by atoms with Crippen LogP contribution in [-0.4, -0.2) is 90.6 Å². The van der Waals surface area contributed by atoms with Crippen molar-refractivity contribution in [3.05, 3.63) is 76.2 Å². The van der Waals surface area contributed by atoms with E-state index in [1.165, 1.54) is 13.8 Å². The monoisotopic (exact) mass is 800 g/mol. The van der Waals surface area contributed by atoms with E-state index in [-0.39, 0.29) is 19.8 Å². The molecule has 2 aliphatic rings. The molecule has 2 saturated heterocycles. The predicted molar refractivity (Wildman–Crippen MR) is 192 cm³/mol. The fraction of sp³-hybridized carbons (Fsp3) is 0.571. The predicted octanol–water partition coefficient (Wildman–Crippen LogP) is 6.58. The molecule has 0 spiro atoms.